The van der Waals surface area contributed by atoms with Gasteiger partial charge in [-0.2, -0.15) is 0 Å². The maximum Gasteiger partial charge on any atom is 0.00455 e. The lowest BCUT2D eigenvalue weighted by Gasteiger charge is -2.29. The van der Waals surface area contributed by atoms with Crippen molar-refractivity contribution >= 4 is 6.08 Å². The van der Waals surface area contributed by atoms with E-state index in [0.717, 1.165) is 30.6 Å². The Morgan fingerprint density at radius 3 is 2.29 bits per heavy atom. The predicted octanol–water partition coefficient (Wildman–Crippen LogP) is 11.7. The molecule has 6 rings (SSSR count). The summed E-state index contributed by atoms with van der Waals surface area (Å²) >= 11 is 0. The third kappa shape index (κ3) is 6.53. The lowest BCUT2D eigenvalue weighted by atomic mass is 9.76. The zero-order valence-corrected chi connectivity index (χ0v) is 26.2. The number of allylic oxidation sites excluding steroid dienone is 3. The molecular weight excluding hydrogens is 492 g/mol. The molecular formula is C41H54. The van der Waals surface area contributed by atoms with E-state index >= 15 is 0 Å². The monoisotopic (exact) mass is 546 g/mol. The van der Waals surface area contributed by atoms with Crippen molar-refractivity contribution < 1.29 is 0 Å². The van der Waals surface area contributed by atoms with Crippen LogP contribution in [-0.2, 0) is 19.3 Å². The normalized spacial score (nSPS) is 26.4. The molecule has 2 saturated carbocycles. The zero-order valence-electron chi connectivity index (χ0n) is 26.2. The van der Waals surface area contributed by atoms with Crippen LogP contribution in [0.2, 0.25) is 0 Å². The van der Waals surface area contributed by atoms with Crippen molar-refractivity contribution in [2.75, 3.05) is 0 Å². The summed E-state index contributed by atoms with van der Waals surface area (Å²) in [6, 6.07) is 14.9. The summed E-state index contributed by atoms with van der Waals surface area (Å²) in [5, 5.41) is 0. The molecule has 0 nitrogen and oxygen atoms in total. The number of fused-ring (bicyclic) bond motifs is 2. The van der Waals surface area contributed by atoms with Crippen LogP contribution in [0.25, 0.3) is 6.08 Å². The van der Waals surface area contributed by atoms with Gasteiger partial charge in [-0.25, -0.2) is 0 Å². The first-order valence-corrected chi connectivity index (χ1v) is 17.3. The van der Waals surface area contributed by atoms with Gasteiger partial charge in [-0.1, -0.05) is 119 Å². The Morgan fingerprint density at radius 2 is 1.59 bits per heavy atom. The summed E-state index contributed by atoms with van der Waals surface area (Å²) in [6.07, 6.45) is 23.5. The Kier molecular flexibility index (Phi) is 9.04. The van der Waals surface area contributed by atoms with Crippen molar-refractivity contribution in [3.8, 4) is 0 Å². The minimum absolute atomic E-state index is 0.565. The van der Waals surface area contributed by atoms with Crippen LogP contribution in [0.1, 0.15) is 143 Å². The zero-order chi connectivity index (χ0) is 28.3. The van der Waals surface area contributed by atoms with E-state index in [1.807, 2.05) is 0 Å². The van der Waals surface area contributed by atoms with Crippen molar-refractivity contribution in [3.63, 3.8) is 0 Å². The summed E-state index contributed by atoms with van der Waals surface area (Å²) in [5.41, 5.74) is 13.6. The van der Waals surface area contributed by atoms with Gasteiger partial charge in [-0.05, 0) is 127 Å². The molecule has 0 spiro atoms. The van der Waals surface area contributed by atoms with Crippen LogP contribution in [0.4, 0.5) is 0 Å². The highest BCUT2D eigenvalue weighted by atomic mass is 14.3. The Balaban J connectivity index is 1.16. The van der Waals surface area contributed by atoms with E-state index < -0.39 is 0 Å². The molecule has 0 aromatic heterocycles. The van der Waals surface area contributed by atoms with Gasteiger partial charge in [0.15, 0.2) is 0 Å². The van der Waals surface area contributed by atoms with Crippen molar-refractivity contribution in [1.29, 1.82) is 0 Å². The Labute approximate surface area is 251 Å². The highest BCUT2D eigenvalue weighted by Gasteiger charge is 2.26. The third-order valence-electron chi connectivity index (χ3n) is 11.8. The molecule has 0 heteroatoms. The van der Waals surface area contributed by atoms with E-state index in [1.54, 1.807) is 16.7 Å². The largest absolute Gasteiger partial charge is 0.0992 e. The first-order valence-electron chi connectivity index (χ1n) is 17.3. The highest BCUT2D eigenvalue weighted by molar-refractivity contribution is 5.69. The highest BCUT2D eigenvalue weighted by Crippen LogP contribution is 2.42. The van der Waals surface area contributed by atoms with Gasteiger partial charge >= 0.3 is 0 Å². The van der Waals surface area contributed by atoms with E-state index in [4.69, 9.17) is 6.58 Å². The molecule has 0 radical (unpaired) electrons. The van der Waals surface area contributed by atoms with E-state index in [0.29, 0.717) is 11.8 Å². The average Bonchev–Trinajstić information content (AvgIpc) is 3.63. The first kappa shape index (κ1) is 28.8. The van der Waals surface area contributed by atoms with Crippen LogP contribution >= 0.6 is 0 Å². The van der Waals surface area contributed by atoms with Crippen LogP contribution in [0, 0.1) is 17.8 Å². The van der Waals surface area contributed by atoms with E-state index in [1.165, 1.54) is 123 Å². The van der Waals surface area contributed by atoms with E-state index in [2.05, 4.69) is 62.9 Å². The van der Waals surface area contributed by atoms with Gasteiger partial charge in [0, 0.05) is 5.92 Å². The van der Waals surface area contributed by atoms with E-state index in [-0.39, 0.29) is 0 Å². The second-order valence-electron chi connectivity index (χ2n) is 14.3. The lowest BCUT2D eigenvalue weighted by Crippen LogP contribution is -2.15. The van der Waals surface area contributed by atoms with Gasteiger partial charge < -0.3 is 0 Å². The molecule has 2 aromatic carbocycles. The van der Waals surface area contributed by atoms with Crippen molar-refractivity contribution in [1.82, 2.24) is 0 Å². The predicted molar refractivity (Wildman–Crippen MR) is 178 cm³/mol. The first-order chi connectivity index (χ1) is 20.0. The molecule has 4 aliphatic rings. The molecule has 0 N–H and O–H groups in total. The van der Waals surface area contributed by atoms with Gasteiger partial charge in [0.2, 0.25) is 0 Å². The molecule has 0 saturated heterocycles. The van der Waals surface area contributed by atoms with Crippen LogP contribution in [0.5, 0.6) is 0 Å². The second kappa shape index (κ2) is 12.9. The Bertz CT molecular complexity index is 1260. The molecule has 218 valence electrons. The molecule has 2 fully saturated rings. The fraction of sp³-hybridized carbons (Fsp3) is 0.561. The molecule has 0 aliphatic heterocycles. The van der Waals surface area contributed by atoms with Gasteiger partial charge in [0.05, 0.1) is 0 Å². The number of benzene rings is 2. The number of hydrogen-bond acceptors (Lipinski definition) is 0. The summed E-state index contributed by atoms with van der Waals surface area (Å²) in [5.74, 6) is 3.91. The maximum absolute atomic E-state index is 4.73. The summed E-state index contributed by atoms with van der Waals surface area (Å²) in [4.78, 5) is 0. The minimum Gasteiger partial charge on any atom is -0.0992 e. The Morgan fingerprint density at radius 1 is 0.829 bits per heavy atom. The standard InChI is InChI=1S/C41H54/c1-5-30-10-12-32(13-11-30)15-17-35(33-18-20-34(21-19-33)41-9-7-8-28(41)3)22-29(4)37-25-39-24-36-16-14-31(6-2)23-38(36)27-40(39)26-37/h18-21,24,26-27,30-32,35,41H,3-17,22-23,25H2,1-2H3/t30?,31-,32?,35-,41?/m0/s1. The average molecular weight is 547 g/mol. The van der Waals surface area contributed by atoms with Gasteiger partial charge in [0.25, 0.3) is 0 Å². The quantitative estimate of drug-likeness (QED) is 0.260. The van der Waals surface area contributed by atoms with E-state index in [9.17, 15) is 0 Å². The van der Waals surface area contributed by atoms with Crippen molar-refractivity contribution in [3.05, 3.63) is 99.7 Å². The fourth-order valence-corrected chi connectivity index (χ4v) is 8.76. The van der Waals surface area contributed by atoms with Crippen LogP contribution in [0.3, 0.4) is 0 Å². The second-order valence-corrected chi connectivity index (χ2v) is 14.3. The molecule has 0 bridgehead atoms. The molecule has 1 unspecified atom stereocenters. The van der Waals surface area contributed by atoms with Crippen molar-refractivity contribution in [2.24, 2.45) is 17.8 Å². The molecule has 41 heavy (non-hydrogen) atoms. The Hall–Kier alpha value is -2.34. The SMILES string of the molecule is C=C(C[C@H](CCC1CCC(CC)CC1)c1ccc(C2CCCC2=C)cc1)C1=Cc2cc3c(cc2C1)CC[C@H](CC)C3. The minimum atomic E-state index is 0.565. The van der Waals surface area contributed by atoms with Crippen LogP contribution < -0.4 is 0 Å². The van der Waals surface area contributed by atoms with Gasteiger partial charge in [0.1, 0.15) is 0 Å². The molecule has 3 atom stereocenters. The van der Waals surface area contributed by atoms with Crippen LogP contribution in [0.15, 0.2) is 66.3 Å². The van der Waals surface area contributed by atoms with Crippen molar-refractivity contribution in [2.45, 2.75) is 128 Å². The molecule has 4 aliphatic carbocycles. The maximum atomic E-state index is 4.73. The summed E-state index contributed by atoms with van der Waals surface area (Å²) < 4.78 is 0. The fourth-order valence-electron chi connectivity index (χ4n) is 8.76. The van der Waals surface area contributed by atoms with Gasteiger partial charge in [-0.3, -0.25) is 0 Å². The molecule has 0 heterocycles. The smallest absolute Gasteiger partial charge is 0.00455 e. The number of hydrogen-bond donors (Lipinski definition) is 0. The third-order valence-corrected chi connectivity index (χ3v) is 11.8. The number of rotatable bonds is 10. The topological polar surface area (TPSA) is 0 Å². The molecule has 0 amide bonds. The molecule has 2 aromatic rings. The number of aryl methyl sites for hydroxylation is 1. The van der Waals surface area contributed by atoms with Gasteiger partial charge in [-0.15, -0.1) is 0 Å². The van der Waals surface area contributed by atoms with Crippen LogP contribution in [-0.4, -0.2) is 0 Å². The summed E-state index contributed by atoms with van der Waals surface area (Å²) in [6.45, 7) is 13.8. The summed E-state index contributed by atoms with van der Waals surface area (Å²) in [7, 11) is 0. The lowest BCUT2D eigenvalue weighted by molar-refractivity contribution is 0.251.